The van der Waals surface area contributed by atoms with Gasteiger partial charge in [0.25, 0.3) is 5.91 Å². The lowest BCUT2D eigenvalue weighted by atomic mass is 10.3. The second kappa shape index (κ2) is 3.51. The molecule has 1 fully saturated rings. The molecule has 88 valence electrons. The molecule has 17 heavy (non-hydrogen) atoms. The van der Waals surface area contributed by atoms with Gasteiger partial charge < -0.3 is 10.3 Å². The lowest BCUT2D eigenvalue weighted by Gasteiger charge is -1.99. The number of aromatic nitrogens is 4. The minimum atomic E-state index is -0.547. The standard InChI is InChI=1S/C11H13N5O/c1-16-10-7(14-11(16)9(12)17)5-13-8(15-10)4-6-2-3-6/h5-6H,2-4H2,1H3,(H2,12,17). The van der Waals surface area contributed by atoms with Gasteiger partial charge in [0, 0.05) is 13.5 Å². The molecule has 1 aliphatic rings. The molecular formula is C11H13N5O. The molecule has 2 heterocycles. The molecule has 6 nitrogen and oxygen atoms in total. The van der Waals surface area contributed by atoms with Gasteiger partial charge in [0.1, 0.15) is 11.3 Å². The van der Waals surface area contributed by atoms with Crippen LogP contribution in [0.1, 0.15) is 29.3 Å². The third kappa shape index (κ3) is 1.75. The van der Waals surface area contributed by atoms with E-state index in [1.165, 1.54) is 12.8 Å². The van der Waals surface area contributed by atoms with E-state index in [0.717, 1.165) is 18.2 Å². The van der Waals surface area contributed by atoms with Gasteiger partial charge >= 0.3 is 0 Å². The number of rotatable bonds is 3. The van der Waals surface area contributed by atoms with Crippen molar-refractivity contribution in [2.24, 2.45) is 18.7 Å². The Hall–Kier alpha value is -1.98. The number of nitrogens with zero attached hydrogens (tertiary/aromatic N) is 4. The van der Waals surface area contributed by atoms with E-state index in [2.05, 4.69) is 15.0 Å². The van der Waals surface area contributed by atoms with Crippen LogP contribution in [0.4, 0.5) is 0 Å². The number of carbonyl (C=O) groups excluding carboxylic acids is 1. The van der Waals surface area contributed by atoms with E-state index in [9.17, 15) is 4.79 Å². The maximum Gasteiger partial charge on any atom is 0.284 e. The van der Waals surface area contributed by atoms with Crippen LogP contribution in [0.15, 0.2) is 6.20 Å². The molecular weight excluding hydrogens is 218 g/mol. The average Bonchev–Trinajstić information content (AvgIpc) is 3.04. The van der Waals surface area contributed by atoms with Crippen molar-refractivity contribution in [1.82, 2.24) is 19.5 Å². The Labute approximate surface area is 97.9 Å². The summed E-state index contributed by atoms with van der Waals surface area (Å²) in [6, 6.07) is 0. The van der Waals surface area contributed by atoms with Gasteiger partial charge in [-0.1, -0.05) is 0 Å². The number of primary amides is 1. The van der Waals surface area contributed by atoms with Gasteiger partial charge in [-0.3, -0.25) is 4.79 Å². The van der Waals surface area contributed by atoms with Gasteiger partial charge in [0.05, 0.1) is 6.20 Å². The molecule has 0 spiro atoms. The summed E-state index contributed by atoms with van der Waals surface area (Å²) in [7, 11) is 1.74. The second-order valence-corrected chi connectivity index (χ2v) is 4.50. The Kier molecular flexibility index (Phi) is 2.10. The molecule has 0 atom stereocenters. The van der Waals surface area contributed by atoms with Gasteiger partial charge in [0.2, 0.25) is 5.82 Å². The molecule has 2 N–H and O–H groups in total. The van der Waals surface area contributed by atoms with E-state index in [0.29, 0.717) is 11.2 Å². The smallest absolute Gasteiger partial charge is 0.284 e. The summed E-state index contributed by atoms with van der Waals surface area (Å²) in [5.74, 6) is 1.22. The highest BCUT2D eigenvalue weighted by Crippen LogP contribution is 2.31. The van der Waals surface area contributed by atoms with Crippen molar-refractivity contribution in [3.05, 3.63) is 17.8 Å². The minimum absolute atomic E-state index is 0.220. The van der Waals surface area contributed by atoms with E-state index in [1.54, 1.807) is 17.8 Å². The topological polar surface area (TPSA) is 86.7 Å². The van der Waals surface area contributed by atoms with Gasteiger partial charge in [-0.05, 0) is 18.8 Å². The number of aryl methyl sites for hydroxylation is 1. The van der Waals surface area contributed by atoms with Crippen LogP contribution in [0.5, 0.6) is 0 Å². The number of hydrogen-bond donors (Lipinski definition) is 1. The van der Waals surface area contributed by atoms with Crippen LogP contribution in [0, 0.1) is 5.92 Å². The van der Waals surface area contributed by atoms with E-state index >= 15 is 0 Å². The Morgan fingerprint density at radius 3 is 2.94 bits per heavy atom. The van der Waals surface area contributed by atoms with Gasteiger partial charge in [-0.15, -0.1) is 0 Å². The first-order valence-electron chi connectivity index (χ1n) is 5.63. The molecule has 1 amide bonds. The summed E-state index contributed by atoms with van der Waals surface area (Å²) in [5.41, 5.74) is 6.52. The number of imidazole rings is 1. The van der Waals surface area contributed by atoms with Gasteiger partial charge in [-0.25, -0.2) is 15.0 Å². The summed E-state index contributed by atoms with van der Waals surface area (Å²) in [6.45, 7) is 0. The van der Waals surface area contributed by atoms with Crippen molar-refractivity contribution in [2.45, 2.75) is 19.3 Å². The number of fused-ring (bicyclic) bond motifs is 1. The van der Waals surface area contributed by atoms with Crippen molar-refractivity contribution >= 4 is 17.1 Å². The molecule has 1 saturated carbocycles. The zero-order valence-electron chi connectivity index (χ0n) is 9.55. The Balaban J connectivity index is 2.07. The van der Waals surface area contributed by atoms with Crippen LogP contribution < -0.4 is 5.73 Å². The van der Waals surface area contributed by atoms with Gasteiger partial charge in [0.15, 0.2) is 5.65 Å². The third-order valence-electron chi connectivity index (χ3n) is 3.05. The first-order chi connectivity index (χ1) is 8.15. The molecule has 0 aliphatic heterocycles. The van der Waals surface area contributed by atoms with E-state index in [-0.39, 0.29) is 5.82 Å². The zero-order valence-corrected chi connectivity index (χ0v) is 9.55. The van der Waals surface area contributed by atoms with Crippen LogP contribution >= 0.6 is 0 Å². The van der Waals surface area contributed by atoms with Crippen molar-refractivity contribution in [1.29, 1.82) is 0 Å². The average molecular weight is 231 g/mol. The molecule has 1 aliphatic carbocycles. The highest BCUT2D eigenvalue weighted by molar-refractivity contribution is 5.92. The highest BCUT2D eigenvalue weighted by atomic mass is 16.1. The first-order valence-corrected chi connectivity index (χ1v) is 5.63. The molecule has 0 aromatic carbocycles. The third-order valence-corrected chi connectivity index (χ3v) is 3.05. The monoisotopic (exact) mass is 231 g/mol. The zero-order chi connectivity index (χ0) is 12.0. The van der Waals surface area contributed by atoms with Crippen LogP contribution in [0.2, 0.25) is 0 Å². The summed E-state index contributed by atoms with van der Waals surface area (Å²) in [6.07, 6.45) is 5.10. The fourth-order valence-corrected chi connectivity index (χ4v) is 1.92. The molecule has 0 unspecified atom stereocenters. The fourth-order valence-electron chi connectivity index (χ4n) is 1.92. The second-order valence-electron chi connectivity index (χ2n) is 4.50. The van der Waals surface area contributed by atoms with E-state index in [4.69, 9.17) is 5.73 Å². The van der Waals surface area contributed by atoms with Crippen molar-refractivity contribution in [2.75, 3.05) is 0 Å². The quantitative estimate of drug-likeness (QED) is 0.829. The molecule has 0 saturated heterocycles. The normalized spacial score (nSPS) is 15.4. The van der Waals surface area contributed by atoms with Crippen LogP contribution in [-0.2, 0) is 13.5 Å². The largest absolute Gasteiger partial charge is 0.363 e. The van der Waals surface area contributed by atoms with Crippen LogP contribution in [-0.4, -0.2) is 25.4 Å². The van der Waals surface area contributed by atoms with E-state index in [1.807, 2.05) is 0 Å². The predicted octanol–water partition coefficient (Wildman–Crippen LogP) is 0.415. The molecule has 2 aromatic heterocycles. The van der Waals surface area contributed by atoms with Crippen LogP contribution in [0.3, 0.4) is 0 Å². The molecule has 6 heteroatoms. The van der Waals surface area contributed by atoms with E-state index < -0.39 is 5.91 Å². The maximum atomic E-state index is 11.2. The van der Waals surface area contributed by atoms with Crippen molar-refractivity contribution < 1.29 is 4.79 Å². The fraction of sp³-hybridized carbons (Fsp3) is 0.455. The summed E-state index contributed by atoms with van der Waals surface area (Å²) in [5, 5.41) is 0. The number of carbonyl (C=O) groups is 1. The number of nitrogens with two attached hydrogens (primary N) is 1. The number of amides is 1. The summed E-state index contributed by atoms with van der Waals surface area (Å²) >= 11 is 0. The van der Waals surface area contributed by atoms with Gasteiger partial charge in [-0.2, -0.15) is 0 Å². The minimum Gasteiger partial charge on any atom is -0.363 e. The number of hydrogen-bond acceptors (Lipinski definition) is 4. The summed E-state index contributed by atoms with van der Waals surface area (Å²) in [4.78, 5) is 24.0. The van der Waals surface area contributed by atoms with Crippen LogP contribution in [0.25, 0.3) is 11.2 Å². The maximum absolute atomic E-state index is 11.2. The molecule has 2 aromatic rings. The lowest BCUT2D eigenvalue weighted by molar-refractivity contribution is 0.0988. The Morgan fingerprint density at radius 1 is 1.53 bits per heavy atom. The summed E-state index contributed by atoms with van der Waals surface area (Å²) < 4.78 is 1.62. The first kappa shape index (κ1) is 10.2. The molecule has 0 radical (unpaired) electrons. The highest BCUT2D eigenvalue weighted by Gasteiger charge is 2.23. The Morgan fingerprint density at radius 2 is 2.29 bits per heavy atom. The predicted molar refractivity (Wildman–Crippen MR) is 61.2 cm³/mol. The Bertz CT molecular complexity index is 599. The SMILES string of the molecule is Cn1c(C(N)=O)nc2cnc(CC3CC3)nc21. The molecule has 3 rings (SSSR count). The molecule has 0 bridgehead atoms. The lowest BCUT2D eigenvalue weighted by Crippen LogP contribution is -2.16. The van der Waals surface area contributed by atoms with Crippen molar-refractivity contribution in [3.8, 4) is 0 Å². The van der Waals surface area contributed by atoms with Crippen molar-refractivity contribution in [3.63, 3.8) is 0 Å².